The van der Waals surface area contributed by atoms with Gasteiger partial charge in [-0.3, -0.25) is 4.79 Å². The van der Waals surface area contributed by atoms with E-state index in [1.165, 1.54) is 23.9 Å². The molecule has 6 rings (SSSR count). The van der Waals surface area contributed by atoms with Crippen LogP contribution in [0.3, 0.4) is 0 Å². The summed E-state index contributed by atoms with van der Waals surface area (Å²) in [5, 5.41) is 18.3. The van der Waals surface area contributed by atoms with Gasteiger partial charge in [-0.05, 0) is 167 Å². The van der Waals surface area contributed by atoms with Gasteiger partial charge < -0.3 is 34.7 Å². The second-order valence-corrected chi connectivity index (χ2v) is 32.2. The SMILES string of the molecule is CN(CCO[Si](C)(C)C(C)(C)C)CC[C@H](CSc1ccccc1)Nc1ccc(S(=O)(=O)NC(=O)c2ccc(N3CCC([C@H](O)c4cc(CNC(=O)OC(C)(C)C)ccc4-c4ccc(Cl)cc4)CC3)cc2)cc1S(=O)(=O)C(F)(F)F. The summed E-state index contributed by atoms with van der Waals surface area (Å²) in [4.78, 5) is 28.8. The van der Waals surface area contributed by atoms with E-state index in [2.05, 4.69) is 49.4 Å². The van der Waals surface area contributed by atoms with Crippen LogP contribution in [0.25, 0.3) is 11.1 Å². The predicted octanol–water partition coefficient (Wildman–Crippen LogP) is 12.3. The summed E-state index contributed by atoms with van der Waals surface area (Å²) in [6, 6.07) is 30.2. The molecule has 0 bridgehead atoms. The van der Waals surface area contributed by atoms with E-state index in [9.17, 15) is 44.7 Å². The van der Waals surface area contributed by atoms with E-state index >= 15 is 0 Å². The summed E-state index contributed by atoms with van der Waals surface area (Å²) < 4.78 is 111. The molecule has 0 aliphatic carbocycles. The normalized spacial score (nSPS) is 14.9. The number of anilines is 2. The number of likely N-dealkylation sites (N-methyl/N-ethyl adjacent to an activating group) is 1. The first-order chi connectivity index (χ1) is 36.8. The molecule has 1 heterocycles. The maximum absolute atomic E-state index is 14.4. The van der Waals surface area contributed by atoms with Gasteiger partial charge in [0.1, 0.15) is 10.5 Å². The van der Waals surface area contributed by atoms with Crippen molar-refractivity contribution in [1.82, 2.24) is 14.9 Å². The molecule has 4 N–H and O–H groups in total. The number of aliphatic hydroxyl groups is 1. The van der Waals surface area contributed by atoms with Crippen LogP contribution in [0.2, 0.25) is 23.2 Å². The van der Waals surface area contributed by atoms with Crippen LogP contribution in [-0.2, 0) is 35.6 Å². The number of nitrogens with zero attached hydrogens (tertiary/aromatic N) is 2. The number of alkyl carbamates (subject to hydrolysis) is 1. The third-order valence-electron chi connectivity index (χ3n) is 14.1. The van der Waals surface area contributed by atoms with Crippen molar-refractivity contribution in [3.8, 4) is 11.1 Å². The highest BCUT2D eigenvalue weighted by Gasteiger charge is 2.48. The minimum Gasteiger partial charge on any atom is -0.444 e. The van der Waals surface area contributed by atoms with Crippen LogP contribution in [0.5, 0.6) is 0 Å². The van der Waals surface area contributed by atoms with Gasteiger partial charge >= 0.3 is 11.6 Å². The minimum atomic E-state index is -6.13. The maximum atomic E-state index is 14.4. The fourth-order valence-electron chi connectivity index (χ4n) is 8.57. The molecule has 0 spiro atoms. The van der Waals surface area contributed by atoms with Crippen molar-refractivity contribution in [2.75, 3.05) is 55.8 Å². The van der Waals surface area contributed by atoms with E-state index in [0.29, 0.717) is 74.5 Å². The number of aliphatic hydroxyl groups excluding tert-OH is 1. The lowest BCUT2D eigenvalue weighted by Crippen LogP contribution is -2.42. The molecule has 22 heteroatoms. The first-order valence-corrected chi connectivity index (χ1v) is 33.3. The van der Waals surface area contributed by atoms with Crippen molar-refractivity contribution in [2.24, 2.45) is 5.92 Å². The van der Waals surface area contributed by atoms with Crippen molar-refractivity contribution >= 4 is 74.9 Å². The van der Waals surface area contributed by atoms with Gasteiger partial charge in [0.05, 0.1) is 16.7 Å². The molecule has 1 aliphatic rings. The third-order valence-corrected chi connectivity index (χ3v) is 23.0. The van der Waals surface area contributed by atoms with Gasteiger partial charge in [-0.15, -0.1) is 11.8 Å². The highest BCUT2D eigenvalue weighted by molar-refractivity contribution is 7.99. The standard InChI is InChI=1S/C57H73ClF3N5O9S3Si/c1-55(2,3)75-54(69)62-37-39-15-25-48(40-16-20-43(58)21-17-40)49(35-39)52(67)41-27-31-66(32-28-41)45-22-18-42(19-23-45)53(68)64-78(72,73)47-24-26-50(51(36-47)77(70,71)57(59,60)61)63-44(38-76-46-13-11-10-12-14-46)29-30-65(7)33-34-74-79(8,9)56(4,5)6/h10-26,35-36,41,44,52,63,67H,27-34,37-38H2,1-9H3,(H,62,69)(H,64,68)/t44-,52+/m1/s1. The zero-order chi connectivity index (χ0) is 58.1. The topological polar surface area (TPSA) is 184 Å². The first-order valence-electron chi connectivity index (χ1n) is 26.0. The highest BCUT2D eigenvalue weighted by Crippen LogP contribution is 2.40. The quantitative estimate of drug-likeness (QED) is 0.0380. The lowest BCUT2D eigenvalue weighted by atomic mass is 9.83. The minimum absolute atomic E-state index is 0.0161. The van der Waals surface area contributed by atoms with E-state index in [1.54, 1.807) is 45.0 Å². The molecule has 2 amide bonds. The number of halogens is 4. The number of carbonyl (C=O) groups excluding carboxylic acids is 2. The monoisotopic (exact) mass is 1190 g/mol. The predicted molar refractivity (Wildman–Crippen MR) is 310 cm³/mol. The van der Waals surface area contributed by atoms with Crippen molar-refractivity contribution in [3.63, 3.8) is 0 Å². The van der Waals surface area contributed by atoms with E-state index in [4.69, 9.17) is 20.8 Å². The molecule has 2 atom stereocenters. The number of nitrogens with one attached hydrogen (secondary N) is 3. The molecule has 0 saturated carbocycles. The smallest absolute Gasteiger partial charge is 0.444 e. The van der Waals surface area contributed by atoms with Gasteiger partial charge in [-0.25, -0.2) is 26.4 Å². The van der Waals surface area contributed by atoms with Crippen LogP contribution in [0.4, 0.5) is 29.3 Å². The molecule has 430 valence electrons. The van der Waals surface area contributed by atoms with Gasteiger partial charge in [0, 0.05) is 65.7 Å². The molecule has 5 aromatic rings. The maximum Gasteiger partial charge on any atom is 0.501 e. The van der Waals surface area contributed by atoms with Crippen LogP contribution in [-0.4, -0.2) is 110 Å². The Bertz CT molecular complexity index is 3100. The van der Waals surface area contributed by atoms with Crippen LogP contribution in [0.15, 0.2) is 130 Å². The Morgan fingerprint density at radius 2 is 1.51 bits per heavy atom. The summed E-state index contributed by atoms with van der Waals surface area (Å²) in [6.45, 7) is 18.9. The molecule has 0 radical (unpaired) electrons. The zero-order valence-corrected chi connectivity index (χ0v) is 50.3. The Balaban J connectivity index is 1.13. The van der Waals surface area contributed by atoms with E-state index < -0.39 is 78.9 Å². The van der Waals surface area contributed by atoms with E-state index in [-0.39, 0.29) is 23.1 Å². The van der Waals surface area contributed by atoms with Gasteiger partial charge in [-0.2, -0.15) is 13.2 Å². The lowest BCUT2D eigenvalue weighted by Gasteiger charge is -2.36. The second kappa shape index (κ2) is 26.2. The molecule has 1 aliphatic heterocycles. The average molecular weight is 1190 g/mol. The van der Waals surface area contributed by atoms with Crippen LogP contribution < -0.4 is 20.3 Å². The highest BCUT2D eigenvalue weighted by atomic mass is 35.5. The third kappa shape index (κ3) is 17.4. The Morgan fingerprint density at radius 3 is 2.11 bits per heavy atom. The van der Waals surface area contributed by atoms with Crippen LogP contribution in [0.1, 0.15) is 88.4 Å². The number of amides is 2. The number of hydrogen-bond donors (Lipinski definition) is 4. The Kier molecular flexibility index (Phi) is 20.9. The average Bonchev–Trinajstić information content (AvgIpc) is 3.43. The number of sulfone groups is 1. The molecule has 79 heavy (non-hydrogen) atoms. The number of rotatable bonds is 22. The molecular formula is C57H73ClF3N5O9S3Si. The first kappa shape index (κ1) is 63.1. The number of hydrogen-bond acceptors (Lipinski definition) is 13. The molecule has 5 aromatic carbocycles. The van der Waals surface area contributed by atoms with Gasteiger partial charge in [0.2, 0.25) is 0 Å². The van der Waals surface area contributed by atoms with Gasteiger partial charge in [0.15, 0.2) is 8.32 Å². The number of sulfonamides is 1. The number of carbonyl (C=O) groups is 2. The van der Waals surface area contributed by atoms with E-state index in [1.807, 2.05) is 77.3 Å². The summed E-state index contributed by atoms with van der Waals surface area (Å²) >= 11 is 7.62. The second-order valence-electron chi connectivity index (χ2n) is 22.3. The number of ether oxygens (including phenoxy) is 1. The molecule has 1 saturated heterocycles. The number of benzene rings is 5. The number of thioether (sulfide) groups is 1. The Labute approximate surface area is 474 Å². The summed E-state index contributed by atoms with van der Waals surface area (Å²) in [7, 11) is -11.2. The van der Waals surface area contributed by atoms with Crippen molar-refractivity contribution in [3.05, 3.63) is 137 Å². The summed E-state index contributed by atoms with van der Waals surface area (Å²) in [5.74, 6) is -0.924. The van der Waals surface area contributed by atoms with Crippen molar-refractivity contribution < 1.29 is 53.9 Å². The van der Waals surface area contributed by atoms with Gasteiger partial charge in [-0.1, -0.05) is 80.9 Å². The summed E-state index contributed by atoms with van der Waals surface area (Å²) in [6.07, 6.45) is 0.104. The van der Waals surface area contributed by atoms with Crippen LogP contribution in [0, 0.1) is 5.92 Å². The largest absolute Gasteiger partial charge is 0.501 e. The lowest BCUT2D eigenvalue weighted by molar-refractivity contribution is -0.0436. The zero-order valence-electron chi connectivity index (χ0n) is 46.1. The van der Waals surface area contributed by atoms with E-state index in [0.717, 1.165) is 39.4 Å². The van der Waals surface area contributed by atoms with Gasteiger partial charge in [0.25, 0.3) is 25.8 Å². The van der Waals surface area contributed by atoms with Crippen molar-refractivity contribution in [2.45, 2.75) is 123 Å². The molecule has 14 nitrogen and oxygen atoms in total. The van der Waals surface area contributed by atoms with Crippen molar-refractivity contribution in [1.29, 1.82) is 0 Å². The molecule has 0 unspecified atom stereocenters. The summed E-state index contributed by atoms with van der Waals surface area (Å²) in [5.41, 5.74) is -3.13. The molecule has 1 fully saturated rings. The number of piperidine rings is 1. The molecule has 0 aromatic heterocycles. The Morgan fingerprint density at radius 1 is 0.861 bits per heavy atom. The number of alkyl halides is 3. The fourth-order valence-corrected chi connectivity index (χ4v) is 12.7. The Hall–Kier alpha value is -5.13. The van der Waals surface area contributed by atoms with Crippen LogP contribution >= 0.6 is 23.4 Å². The fraction of sp³-hybridized carbons (Fsp3) is 0.439. The molecular weight excluding hydrogens is 1120 g/mol.